The van der Waals surface area contributed by atoms with E-state index in [0.29, 0.717) is 6.42 Å². The van der Waals surface area contributed by atoms with Crippen molar-refractivity contribution in [2.75, 3.05) is 13.2 Å². The van der Waals surface area contributed by atoms with Crippen LogP contribution in [0.5, 0.6) is 0 Å². The minimum absolute atomic E-state index is 0.277. The van der Waals surface area contributed by atoms with Gasteiger partial charge in [0, 0.05) is 5.92 Å². The SMILES string of the molecule is OC[C@]1(O)[C@H]2CO[C@H](C2)[C@H](O)[C@@H]1O. The van der Waals surface area contributed by atoms with Crippen molar-refractivity contribution in [2.24, 2.45) is 5.92 Å². The van der Waals surface area contributed by atoms with E-state index in [0.717, 1.165) is 0 Å². The van der Waals surface area contributed by atoms with E-state index in [1.54, 1.807) is 0 Å². The molecule has 1 saturated heterocycles. The van der Waals surface area contributed by atoms with Crippen molar-refractivity contribution in [3.05, 3.63) is 0 Å². The molecule has 5 heteroatoms. The Morgan fingerprint density at radius 2 is 2.08 bits per heavy atom. The molecule has 1 aliphatic heterocycles. The van der Waals surface area contributed by atoms with Gasteiger partial charge in [0.2, 0.25) is 0 Å². The molecule has 0 aromatic rings. The lowest BCUT2D eigenvalue weighted by atomic mass is 9.73. The van der Waals surface area contributed by atoms with Crippen molar-refractivity contribution in [3.8, 4) is 0 Å². The molecule has 0 spiro atoms. The molecule has 2 aliphatic rings. The zero-order valence-corrected chi connectivity index (χ0v) is 7.13. The third kappa shape index (κ3) is 1.12. The first-order valence-corrected chi connectivity index (χ1v) is 4.40. The van der Waals surface area contributed by atoms with Gasteiger partial charge in [-0.3, -0.25) is 0 Å². The molecule has 2 bridgehead atoms. The standard InChI is InChI=1S/C8H14O5/c9-3-8(12)4-1-5(13-2-4)6(10)7(8)11/h4-7,9-12H,1-3H2/t4-,5-,6+,7+,8+/m1/s1. The van der Waals surface area contributed by atoms with Gasteiger partial charge in [0.05, 0.1) is 19.3 Å². The maximum absolute atomic E-state index is 9.87. The van der Waals surface area contributed by atoms with Crippen LogP contribution in [-0.4, -0.2) is 57.6 Å². The quantitative estimate of drug-likeness (QED) is 0.378. The Morgan fingerprint density at radius 1 is 1.38 bits per heavy atom. The zero-order chi connectivity index (χ0) is 9.64. The minimum Gasteiger partial charge on any atom is -0.393 e. The van der Waals surface area contributed by atoms with Gasteiger partial charge in [0.15, 0.2) is 0 Å². The highest BCUT2D eigenvalue weighted by Crippen LogP contribution is 2.40. The van der Waals surface area contributed by atoms with Crippen molar-refractivity contribution in [2.45, 2.75) is 30.3 Å². The average Bonchev–Trinajstić information content (AvgIpc) is 2.59. The summed E-state index contributed by atoms with van der Waals surface area (Å²) in [6.45, 7) is -0.262. The van der Waals surface area contributed by atoms with Crippen LogP contribution >= 0.6 is 0 Å². The Kier molecular flexibility index (Phi) is 2.08. The van der Waals surface area contributed by atoms with Crippen molar-refractivity contribution in [1.29, 1.82) is 0 Å². The number of ether oxygens (including phenoxy) is 1. The van der Waals surface area contributed by atoms with Gasteiger partial charge in [0.1, 0.15) is 17.8 Å². The Bertz CT molecular complexity index is 209. The van der Waals surface area contributed by atoms with E-state index in [1.807, 2.05) is 0 Å². The van der Waals surface area contributed by atoms with Crippen LogP contribution < -0.4 is 0 Å². The third-order valence-corrected chi connectivity index (χ3v) is 3.21. The second kappa shape index (κ2) is 2.90. The predicted molar refractivity (Wildman–Crippen MR) is 41.9 cm³/mol. The number of rotatable bonds is 1. The average molecular weight is 190 g/mol. The lowest BCUT2D eigenvalue weighted by Gasteiger charge is -2.41. The first kappa shape index (κ1) is 9.36. The molecule has 1 aliphatic carbocycles. The van der Waals surface area contributed by atoms with Gasteiger partial charge in [0.25, 0.3) is 0 Å². The Balaban J connectivity index is 2.27. The lowest BCUT2D eigenvalue weighted by Crippen LogP contribution is -2.61. The fourth-order valence-corrected chi connectivity index (χ4v) is 2.21. The fraction of sp³-hybridized carbons (Fsp3) is 1.00. The molecule has 2 fully saturated rings. The summed E-state index contributed by atoms with van der Waals surface area (Å²) >= 11 is 0. The van der Waals surface area contributed by atoms with Crippen molar-refractivity contribution in [3.63, 3.8) is 0 Å². The highest BCUT2D eigenvalue weighted by atomic mass is 16.5. The summed E-state index contributed by atoms with van der Waals surface area (Å²) in [6.07, 6.45) is -2.32. The molecule has 0 aromatic heterocycles. The van der Waals surface area contributed by atoms with E-state index in [2.05, 4.69) is 0 Å². The van der Waals surface area contributed by atoms with Crippen molar-refractivity contribution >= 4 is 0 Å². The van der Waals surface area contributed by atoms with E-state index >= 15 is 0 Å². The van der Waals surface area contributed by atoms with Crippen molar-refractivity contribution < 1.29 is 25.2 Å². The van der Waals surface area contributed by atoms with Crippen molar-refractivity contribution in [1.82, 2.24) is 0 Å². The second-order valence-corrected chi connectivity index (χ2v) is 3.89. The molecule has 1 saturated carbocycles. The summed E-state index contributed by atoms with van der Waals surface area (Å²) in [6, 6.07) is 0. The summed E-state index contributed by atoms with van der Waals surface area (Å²) in [5, 5.41) is 37.9. The smallest absolute Gasteiger partial charge is 0.121 e. The molecule has 76 valence electrons. The number of hydrogen-bond donors (Lipinski definition) is 4. The van der Waals surface area contributed by atoms with Crippen LogP contribution in [-0.2, 0) is 4.74 Å². The van der Waals surface area contributed by atoms with Gasteiger partial charge >= 0.3 is 0 Å². The monoisotopic (exact) mass is 190 g/mol. The van der Waals surface area contributed by atoms with E-state index in [-0.39, 0.29) is 12.5 Å². The molecule has 5 atom stereocenters. The highest BCUT2D eigenvalue weighted by Gasteiger charge is 2.56. The van der Waals surface area contributed by atoms with Gasteiger partial charge in [-0.2, -0.15) is 0 Å². The molecule has 0 unspecified atom stereocenters. The van der Waals surface area contributed by atoms with E-state index in [1.165, 1.54) is 0 Å². The van der Waals surface area contributed by atoms with Crippen LogP contribution in [0, 0.1) is 5.92 Å². The molecule has 0 amide bonds. The molecule has 1 heterocycles. The molecule has 13 heavy (non-hydrogen) atoms. The lowest BCUT2D eigenvalue weighted by molar-refractivity contribution is -0.192. The third-order valence-electron chi connectivity index (χ3n) is 3.21. The largest absolute Gasteiger partial charge is 0.393 e. The maximum atomic E-state index is 9.87. The molecule has 2 rings (SSSR count). The summed E-state index contributed by atoms with van der Waals surface area (Å²) in [4.78, 5) is 0. The molecular formula is C8H14O5. The highest BCUT2D eigenvalue weighted by molar-refractivity contribution is 5.06. The van der Waals surface area contributed by atoms with Crippen LogP contribution in [0.4, 0.5) is 0 Å². The fourth-order valence-electron chi connectivity index (χ4n) is 2.21. The van der Waals surface area contributed by atoms with Crippen LogP contribution in [0.15, 0.2) is 0 Å². The summed E-state index contributed by atoms with van der Waals surface area (Å²) in [5.74, 6) is -0.277. The normalized spacial score (nSPS) is 55.4. The first-order chi connectivity index (χ1) is 6.09. The maximum Gasteiger partial charge on any atom is 0.121 e. The van der Waals surface area contributed by atoms with Crippen LogP contribution in [0.3, 0.4) is 0 Å². The Morgan fingerprint density at radius 3 is 2.69 bits per heavy atom. The van der Waals surface area contributed by atoms with E-state index in [4.69, 9.17) is 9.84 Å². The molecular weight excluding hydrogens is 176 g/mol. The van der Waals surface area contributed by atoms with E-state index in [9.17, 15) is 15.3 Å². The van der Waals surface area contributed by atoms with Crippen LogP contribution in [0.2, 0.25) is 0 Å². The number of fused-ring (bicyclic) bond motifs is 2. The minimum atomic E-state index is -1.60. The summed E-state index contributed by atoms with van der Waals surface area (Å²) < 4.78 is 5.18. The number of aliphatic hydroxyl groups is 4. The molecule has 0 radical (unpaired) electrons. The zero-order valence-electron chi connectivity index (χ0n) is 7.13. The topological polar surface area (TPSA) is 90.2 Å². The number of hydrogen-bond acceptors (Lipinski definition) is 5. The summed E-state index contributed by atoms with van der Waals surface area (Å²) in [7, 11) is 0. The Labute approximate surface area is 75.6 Å². The predicted octanol–water partition coefficient (Wildman–Crippen LogP) is -2.15. The molecule has 5 nitrogen and oxygen atoms in total. The van der Waals surface area contributed by atoms with Crippen LogP contribution in [0.25, 0.3) is 0 Å². The second-order valence-electron chi connectivity index (χ2n) is 3.89. The van der Waals surface area contributed by atoms with E-state index < -0.39 is 30.5 Å². The van der Waals surface area contributed by atoms with Gasteiger partial charge in [-0.1, -0.05) is 0 Å². The van der Waals surface area contributed by atoms with Gasteiger partial charge < -0.3 is 25.2 Å². The Hall–Kier alpha value is -0.200. The van der Waals surface area contributed by atoms with Gasteiger partial charge in [-0.15, -0.1) is 0 Å². The summed E-state index contributed by atoms with van der Waals surface area (Å²) in [5.41, 5.74) is -1.60. The first-order valence-electron chi connectivity index (χ1n) is 4.40. The molecule has 0 aromatic carbocycles. The van der Waals surface area contributed by atoms with Crippen LogP contribution in [0.1, 0.15) is 6.42 Å². The molecule has 4 N–H and O–H groups in total. The number of aliphatic hydroxyl groups excluding tert-OH is 3. The van der Waals surface area contributed by atoms with Gasteiger partial charge in [-0.05, 0) is 6.42 Å². The van der Waals surface area contributed by atoms with Gasteiger partial charge in [-0.25, -0.2) is 0 Å².